The van der Waals surface area contributed by atoms with Gasteiger partial charge >= 0.3 is 0 Å². The summed E-state index contributed by atoms with van der Waals surface area (Å²) in [5, 5.41) is 15.5. The molecule has 8 nitrogen and oxygen atoms in total. The highest BCUT2D eigenvalue weighted by molar-refractivity contribution is 7.99. The fourth-order valence-electron chi connectivity index (χ4n) is 2.59. The maximum absolute atomic E-state index is 14.0. The Kier molecular flexibility index (Phi) is 5.54. The SMILES string of the molecule is O=C(CSc1nncn1-c1ccccc1F)Nc1cc(Cl)ccc1-n1cncn1. The zero-order chi connectivity index (χ0) is 20.2. The standard InChI is InChI=1S/C18H13ClFN7OS/c19-12-5-6-16(27-10-21-9-23-27)14(7-12)24-17(28)8-29-18-25-22-11-26(18)15-4-2-1-3-13(15)20/h1-7,9-11H,8H2,(H,24,28). The van der Waals surface area contributed by atoms with Crippen LogP contribution in [0.2, 0.25) is 5.02 Å². The molecule has 0 atom stereocenters. The van der Waals surface area contributed by atoms with Gasteiger partial charge in [0.05, 0.1) is 22.8 Å². The first-order valence-electron chi connectivity index (χ1n) is 8.34. The molecule has 0 radical (unpaired) electrons. The van der Waals surface area contributed by atoms with Gasteiger partial charge in [-0.25, -0.2) is 14.1 Å². The van der Waals surface area contributed by atoms with Gasteiger partial charge in [-0.3, -0.25) is 9.36 Å². The van der Waals surface area contributed by atoms with Gasteiger partial charge in [0.25, 0.3) is 0 Å². The number of hydrogen-bond acceptors (Lipinski definition) is 6. The van der Waals surface area contributed by atoms with Crippen LogP contribution in [0.3, 0.4) is 0 Å². The van der Waals surface area contributed by atoms with E-state index in [0.29, 0.717) is 27.2 Å². The first kappa shape index (κ1) is 19.1. The number of carbonyl (C=O) groups is 1. The molecule has 0 saturated heterocycles. The zero-order valence-corrected chi connectivity index (χ0v) is 16.3. The molecule has 29 heavy (non-hydrogen) atoms. The molecule has 2 aromatic carbocycles. The van der Waals surface area contributed by atoms with E-state index in [2.05, 4.69) is 25.6 Å². The molecular formula is C18H13ClFN7OS. The number of aromatic nitrogens is 6. The molecule has 0 unspecified atom stereocenters. The third kappa shape index (κ3) is 4.28. The number of halogens is 2. The molecule has 0 aliphatic heterocycles. The van der Waals surface area contributed by atoms with Crippen molar-refractivity contribution in [2.45, 2.75) is 5.16 Å². The Bertz CT molecular complexity index is 1150. The van der Waals surface area contributed by atoms with Crippen molar-refractivity contribution in [1.29, 1.82) is 0 Å². The average molecular weight is 430 g/mol. The van der Waals surface area contributed by atoms with Crippen LogP contribution in [0.1, 0.15) is 0 Å². The van der Waals surface area contributed by atoms with Crippen molar-refractivity contribution < 1.29 is 9.18 Å². The minimum Gasteiger partial charge on any atom is -0.323 e. The van der Waals surface area contributed by atoms with Crippen molar-refractivity contribution in [3.05, 3.63) is 72.3 Å². The molecule has 2 heterocycles. The highest BCUT2D eigenvalue weighted by Gasteiger charge is 2.14. The molecule has 0 spiro atoms. The summed E-state index contributed by atoms with van der Waals surface area (Å²) in [5.41, 5.74) is 1.42. The third-order valence-electron chi connectivity index (χ3n) is 3.86. The monoisotopic (exact) mass is 429 g/mol. The molecule has 0 fully saturated rings. The van der Waals surface area contributed by atoms with Crippen molar-refractivity contribution in [1.82, 2.24) is 29.5 Å². The predicted molar refractivity (Wildman–Crippen MR) is 107 cm³/mol. The number of thioether (sulfide) groups is 1. The lowest BCUT2D eigenvalue weighted by Crippen LogP contribution is -2.16. The number of nitrogens with one attached hydrogen (secondary N) is 1. The molecule has 1 N–H and O–H groups in total. The van der Waals surface area contributed by atoms with Gasteiger partial charge in [-0.1, -0.05) is 35.5 Å². The first-order chi connectivity index (χ1) is 14.1. The second-order valence-corrected chi connectivity index (χ2v) is 7.15. The highest BCUT2D eigenvalue weighted by atomic mass is 35.5. The lowest BCUT2D eigenvalue weighted by molar-refractivity contribution is -0.113. The molecule has 2 aromatic heterocycles. The number of nitrogens with zero attached hydrogens (tertiary/aromatic N) is 6. The summed E-state index contributed by atoms with van der Waals surface area (Å²) >= 11 is 7.20. The van der Waals surface area contributed by atoms with E-state index in [1.165, 1.54) is 34.3 Å². The molecule has 0 aliphatic carbocycles. The van der Waals surface area contributed by atoms with E-state index in [1.807, 2.05) is 0 Å². The summed E-state index contributed by atoms with van der Waals surface area (Å²) < 4.78 is 17.1. The minimum atomic E-state index is -0.407. The van der Waals surface area contributed by atoms with Gasteiger partial charge in [0.2, 0.25) is 5.91 Å². The van der Waals surface area contributed by atoms with Crippen LogP contribution in [0.25, 0.3) is 11.4 Å². The number of amides is 1. The van der Waals surface area contributed by atoms with E-state index < -0.39 is 5.82 Å². The van der Waals surface area contributed by atoms with E-state index >= 15 is 0 Å². The first-order valence-corrected chi connectivity index (χ1v) is 9.70. The lowest BCUT2D eigenvalue weighted by Gasteiger charge is -2.11. The van der Waals surface area contributed by atoms with Gasteiger partial charge in [-0.2, -0.15) is 5.10 Å². The maximum Gasteiger partial charge on any atom is 0.234 e. The van der Waals surface area contributed by atoms with Gasteiger partial charge in [0, 0.05) is 5.02 Å². The summed E-state index contributed by atoms with van der Waals surface area (Å²) in [6, 6.07) is 11.3. The molecule has 4 aromatic rings. The number of carbonyl (C=O) groups excluding carboxylic acids is 1. The predicted octanol–water partition coefficient (Wildman–Crippen LogP) is 3.37. The zero-order valence-electron chi connectivity index (χ0n) is 14.7. The van der Waals surface area contributed by atoms with Crippen LogP contribution in [0, 0.1) is 5.82 Å². The fraction of sp³-hybridized carbons (Fsp3) is 0.0556. The lowest BCUT2D eigenvalue weighted by atomic mass is 10.2. The van der Waals surface area contributed by atoms with E-state index in [9.17, 15) is 9.18 Å². The van der Waals surface area contributed by atoms with Gasteiger partial charge in [0.1, 0.15) is 24.8 Å². The smallest absolute Gasteiger partial charge is 0.234 e. The normalized spacial score (nSPS) is 10.8. The van der Waals surface area contributed by atoms with Crippen LogP contribution in [-0.4, -0.2) is 41.2 Å². The van der Waals surface area contributed by atoms with Crippen LogP contribution in [0.5, 0.6) is 0 Å². The topological polar surface area (TPSA) is 90.5 Å². The van der Waals surface area contributed by atoms with Gasteiger partial charge in [-0.15, -0.1) is 10.2 Å². The van der Waals surface area contributed by atoms with E-state index in [0.717, 1.165) is 11.8 Å². The van der Waals surface area contributed by atoms with Crippen LogP contribution in [0.4, 0.5) is 10.1 Å². The van der Waals surface area contributed by atoms with Gasteiger partial charge in [-0.05, 0) is 30.3 Å². The van der Waals surface area contributed by atoms with Crippen LogP contribution in [0.15, 0.2) is 66.6 Å². The van der Waals surface area contributed by atoms with Crippen LogP contribution in [-0.2, 0) is 4.79 Å². The molecule has 146 valence electrons. The van der Waals surface area contributed by atoms with E-state index in [1.54, 1.807) is 36.4 Å². The molecule has 0 aliphatic rings. The largest absolute Gasteiger partial charge is 0.323 e. The Balaban J connectivity index is 1.48. The summed E-state index contributed by atoms with van der Waals surface area (Å²) in [6.45, 7) is 0. The van der Waals surface area contributed by atoms with Crippen molar-refractivity contribution in [3.63, 3.8) is 0 Å². The van der Waals surface area contributed by atoms with Crippen LogP contribution >= 0.6 is 23.4 Å². The highest BCUT2D eigenvalue weighted by Crippen LogP contribution is 2.25. The number of rotatable bonds is 6. The Morgan fingerprint density at radius 1 is 1.17 bits per heavy atom. The second kappa shape index (κ2) is 8.41. The number of para-hydroxylation sites is 1. The Morgan fingerprint density at radius 2 is 2.03 bits per heavy atom. The van der Waals surface area contributed by atoms with E-state index in [4.69, 9.17) is 11.6 Å². The van der Waals surface area contributed by atoms with Crippen molar-refractivity contribution in [2.75, 3.05) is 11.1 Å². The number of hydrogen-bond donors (Lipinski definition) is 1. The second-order valence-electron chi connectivity index (χ2n) is 5.77. The van der Waals surface area contributed by atoms with Crippen molar-refractivity contribution >= 4 is 35.0 Å². The third-order valence-corrected chi connectivity index (χ3v) is 5.04. The number of anilines is 1. The summed E-state index contributed by atoms with van der Waals surface area (Å²) in [7, 11) is 0. The Morgan fingerprint density at radius 3 is 2.83 bits per heavy atom. The summed E-state index contributed by atoms with van der Waals surface area (Å²) in [6.07, 6.45) is 4.31. The van der Waals surface area contributed by atoms with Crippen LogP contribution < -0.4 is 5.32 Å². The summed E-state index contributed by atoms with van der Waals surface area (Å²) in [5.74, 6) is -0.659. The van der Waals surface area contributed by atoms with Crippen molar-refractivity contribution in [3.8, 4) is 11.4 Å². The van der Waals surface area contributed by atoms with Gasteiger partial charge in [0.15, 0.2) is 5.16 Å². The number of benzene rings is 2. The Labute approximate surface area is 173 Å². The molecule has 0 saturated carbocycles. The maximum atomic E-state index is 14.0. The molecular weight excluding hydrogens is 417 g/mol. The van der Waals surface area contributed by atoms with Gasteiger partial charge < -0.3 is 5.32 Å². The molecule has 11 heteroatoms. The van der Waals surface area contributed by atoms with E-state index in [-0.39, 0.29) is 11.7 Å². The molecule has 0 bridgehead atoms. The quantitative estimate of drug-likeness (QED) is 0.472. The average Bonchev–Trinajstić information content (AvgIpc) is 3.39. The summed E-state index contributed by atoms with van der Waals surface area (Å²) in [4.78, 5) is 16.4. The fourth-order valence-corrected chi connectivity index (χ4v) is 3.49. The molecule has 4 rings (SSSR count). The van der Waals surface area contributed by atoms with Crippen molar-refractivity contribution in [2.24, 2.45) is 0 Å². The Hall–Kier alpha value is -3.24. The minimum absolute atomic E-state index is 0.0382. The molecule has 1 amide bonds.